The molecule has 1 aromatic rings. The molecule has 2 rings (SSSR count). The van der Waals surface area contributed by atoms with Crippen LogP contribution in [-0.4, -0.2) is 19.8 Å². The highest BCUT2D eigenvalue weighted by molar-refractivity contribution is 9.11. The number of ether oxygens (including phenoxy) is 1. The van der Waals surface area contributed by atoms with Gasteiger partial charge in [0.1, 0.15) is 0 Å². The average molecular weight is 377 g/mol. The second kappa shape index (κ2) is 6.04. The summed E-state index contributed by atoms with van der Waals surface area (Å²) in [7, 11) is 2.02. The molecular formula is C14H19Br2NO. The molecule has 0 aromatic heterocycles. The van der Waals surface area contributed by atoms with Gasteiger partial charge in [-0.1, -0.05) is 31.9 Å². The lowest BCUT2D eigenvalue weighted by atomic mass is 9.91. The van der Waals surface area contributed by atoms with Crippen molar-refractivity contribution in [3.63, 3.8) is 0 Å². The summed E-state index contributed by atoms with van der Waals surface area (Å²) in [5, 5.41) is 3.44. The molecule has 0 spiro atoms. The van der Waals surface area contributed by atoms with Crippen LogP contribution in [0.5, 0.6) is 0 Å². The van der Waals surface area contributed by atoms with Crippen LogP contribution in [0.4, 0.5) is 0 Å². The number of rotatable bonds is 3. The Labute approximate surface area is 126 Å². The molecule has 0 bridgehead atoms. The van der Waals surface area contributed by atoms with E-state index >= 15 is 0 Å². The van der Waals surface area contributed by atoms with Gasteiger partial charge in [-0.15, -0.1) is 0 Å². The molecule has 1 fully saturated rings. The predicted molar refractivity (Wildman–Crippen MR) is 81.9 cm³/mol. The van der Waals surface area contributed by atoms with E-state index in [9.17, 15) is 0 Å². The lowest BCUT2D eigenvalue weighted by Gasteiger charge is -2.24. The fourth-order valence-corrected chi connectivity index (χ4v) is 3.69. The number of hydrogen-bond acceptors (Lipinski definition) is 2. The molecule has 1 aliphatic heterocycles. The van der Waals surface area contributed by atoms with Gasteiger partial charge in [-0.05, 0) is 50.6 Å². The smallest absolute Gasteiger partial charge is 0.0551 e. The summed E-state index contributed by atoms with van der Waals surface area (Å²) >= 11 is 7.30. The van der Waals surface area contributed by atoms with E-state index in [1.165, 1.54) is 15.6 Å². The fraction of sp³-hybridized carbons (Fsp3) is 0.571. The van der Waals surface area contributed by atoms with Crippen molar-refractivity contribution in [3.8, 4) is 0 Å². The van der Waals surface area contributed by atoms with Crippen LogP contribution in [-0.2, 0) is 4.74 Å². The van der Waals surface area contributed by atoms with Gasteiger partial charge in [0.2, 0.25) is 0 Å². The van der Waals surface area contributed by atoms with Crippen LogP contribution in [0.15, 0.2) is 21.1 Å². The maximum atomic E-state index is 5.70. The third-order valence-corrected chi connectivity index (χ3v) is 5.17. The van der Waals surface area contributed by atoms with E-state index in [1.54, 1.807) is 0 Å². The normalized spacial score (nSPS) is 25.4. The summed E-state index contributed by atoms with van der Waals surface area (Å²) in [5.74, 6) is 0.538. The van der Waals surface area contributed by atoms with Gasteiger partial charge in [0.05, 0.1) is 12.7 Å². The SMILES string of the molecule is CNC(c1cc(Br)c(C)cc1Br)C1COC(C)C1. The van der Waals surface area contributed by atoms with Crippen LogP contribution in [0.1, 0.15) is 30.5 Å². The predicted octanol–water partition coefficient (Wildman–Crippen LogP) is 4.21. The van der Waals surface area contributed by atoms with Gasteiger partial charge in [0.15, 0.2) is 0 Å². The van der Waals surface area contributed by atoms with E-state index in [-0.39, 0.29) is 0 Å². The molecule has 100 valence electrons. The van der Waals surface area contributed by atoms with E-state index in [2.05, 4.69) is 63.2 Å². The molecule has 1 saturated heterocycles. The highest BCUT2D eigenvalue weighted by Gasteiger charge is 2.30. The lowest BCUT2D eigenvalue weighted by Crippen LogP contribution is -2.26. The largest absolute Gasteiger partial charge is 0.378 e. The molecule has 3 unspecified atom stereocenters. The Morgan fingerprint density at radius 1 is 1.33 bits per heavy atom. The zero-order valence-electron chi connectivity index (χ0n) is 11.0. The van der Waals surface area contributed by atoms with E-state index < -0.39 is 0 Å². The summed E-state index contributed by atoms with van der Waals surface area (Å²) in [5.41, 5.74) is 2.55. The maximum Gasteiger partial charge on any atom is 0.0551 e. The van der Waals surface area contributed by atoms with Crippen LogP contribution in [0.25, 0.3) is 0 Å². The van der Waals surface area contributed by atoms with Gasteiger partial charge in [-0.3, -0.25) is 0 Å². The summed E-state index contributed by atoms with van der Waals surface area (Å²) in [6, 6.07) is 4.72. The molecule has 4 heteroatoms. The number of hydrogen-bond donors (Lipinski definition) is 1. The van der Waals surface area contributed by atoms with Crippen LogP contribution in [0.2, 0.25) is 0 Å². The third kappa shape index (κ3) is 2.98. The fourth-order valence-electron chi connectivity index (χ4n) is 2.63. The van der Waals surface area contributed by atoms with E-state index in [4.69, 9.17) is 4.74 Å². The van der Waals surface area contributed by atoms with E-state index in [0.29, 0.717) is 18.1 Å². The van der Waals surface area contributed by atoms with Crippen molar-refractivity contribution < 1.29 is 4.74 Å². The first kappa shape index (κ1) is 14.5. The Morgan fingerprint density at radius 3 is 2.61 bits per heavy atom. The van der Waals surface area contributed by atoms with Crippen LogP contribution in [0, 0.1) is 12.8 Å². The van der Waals surface area contributed by atoms with Crippen molar-refractivity contribution >= 4 is 31.9 Å². The van der Waals surface area contributed by atoms with Crippen molar-refractivity contribution in [2.75, 3.05) is 13.7 Å². The van der Waals surface area contributed by atoms with Gasteiger partial charge in [0, 0.05) is 20.9 Å². The second-order valence-electron chi connectivity index (χ2n) is 5.03. The van der Waals surface area contributed by atoms with E-state index in [0.717, 1.165) is 17.5 Å². The van der Waals surface area contributed by atoms with Crippen molar-refractivity contribution in [2.45, 2.75) is 32.4 Å². The molecule has 3 atom stereocenters. The number of benzene rings is 1. The molecule has 1 heterocycles. The third-order valence-electron chi connectivity index (χ3n) is 3.62. The first-order valence-corrected chi connectivity index (χ1v) is 7.86. The highest BCUT2D eigenvalue weighted by Crippen LogP contribution is 2.37. The summed E-state index contributed by atoms with van der Waals surface area (Å²) < 4.78 is 8.03. The van der Waals surface area contributed by atoms with Crippen molar-refractivity contribution in [1.29, 1.82) is 0 Å². The van der Waals surface area contributed by atoms with Crippen molar-refractivity contribution in [2.24, 2.45) is 5.92 Å². The summed E-state index contributed by atoms with van der Waals surface area (Å²) in [6.45, 7) is 5.09. The first-order valence-electron chi connectivity index (χ1n) is 6.27. The minimum absolute atomic E-state index is 0.334. The van der Waals surface area contributed by atoms with Gasteiger partial charge >= 0.3 is 0 Å². The molecule has 0 aliphatic carbocycles. The van der Waals surface area contributed by atoms with Gasteiger partial charge in [-0.2, -0.15) is 0 Å². The zero-order chi connectivity index (χ0) is 13.3. The van der Waals surface area contributed by atoms with Gasteiger partial charge in [0.25, 0.3) is 0 Å². The summed E-state index contributed by atoms with van der Waals surface area (Å²) in [4.78, 5) is 0. The average Bonchev–Trinajstić information content (AvgIpc) is 2.73. The Morgan fingerprint density at radius 2 is 2.06 bits per heavy atom. The molecule has 2 nitrogen and oxygen atoms in total. The van der Waals surface area contributed by atoms with Crippen molar-refractivity contribution in [1.82, 2.24) is 5.32 Å². The Balaban J connectivity index is 2.30. The quantitative estimate of drug-likeness (QED) is 0.853. The lowest BCUT2D eigenvalue weighted by molar-refractivity contribution is 0.117. The standard InChI is InChI=1S/C14H19Br2NO/c1-8-4-13(16)11(6-12(8)15)14(17-3)10-5-9(2)18-7-10/h4,6,9-10,14,17H,5,7H2,1-3H3. The molecule has 1 aromatic carbocycles. The highest BCUT2D eigenvalue weighted by atomic mass is 79.9. The maximum absolute atomic E-state index is 5.70. The number of aryl methyl sites for hydroxylation is 1. The topological polar surface area (TPSA) is 21.3 Å². The molecular weight excluding hydrogens is 358 g/mol. The van der Waals surface area contributed by atoms with Crippen LogP contribution in [0.3, 0.4) is 0 Å². The van der Waals surface area contributed by atoms with Crippen molar-refractivity contribution in [3.05, 3.63) is 32.2 Å². The molecule has 18 heavy (non-hydrogen) atoms. The molecule has 1 aliphatic rings. The second-order valence-corrected chi connectivity index (χ2v) is 6.74. The molecule has 0 radical (unpaired) electrons. The van der Waals surface area contributed by atoms with Gasteiger partial charge in [-0.25, -0.2) is 0 Å². The molecule has 1 N–H and O–H groups in total. The van der Waals surface area contributed by atoms with E-state index in [1.807, 2.05) is 7.05 Å². The minimum Gasteiger partial charge on any atom is -0.378 e. The number of nitrogens with one attached hydrogen (secondary N) is 1. The molecule has 0 saturated carbocycles. The number of halogens is 2. The molecule has 0 amide bonds. The zero-order valence-corrected chi connectivity index (χ0v) is 14.1. The monoisotopic (exact) mass is 375 g/mol. The van der Waals surface area contributed by atoms with Crippen LogP contribution >= 0.6 is 31.9 Å². The van der Waals surface area contributed by atoms with Gasteiger partial charge < -0.3 is 10.1 Å². The first-order chi connectivity index (χ1) is 8.52. The Bertz CT molecular complexity index is 436. The van der Waals surface area contributed by atoms with Crippen LogP contribution < -0.4 is 5.32 Å². The Kier molecular flexibility index (Phi) is 4.86. The Hall–Kier alpha value is 0.1000. The minimum atomic E-state index is 0.334. The summed E-state index contributed by atoms with van der Waals surface area (Å²) in [6.07, 6.45) is 1.49.